The second-order valence-electron chi connectivity index (χ2n) is 12.0. The fraction of sp³-hybridized carbons (Fsp3) is 0.361. The van der Waals surface area contributed by atoms with Gasteiger partial charge in [-0.25, -0.2) is 4.39 Å². The molecule has 0 aromatic heterocycles. The molecule has 0 saturated carbocycles. The highest BCUT2D eigenvalue weighted by Gasteiger charge is 2.39. The molecule has 0 radical (unpaired) electrons. The first-order chi connectivity index (χ1) is 22.2. The second-order valence-corrected chi connectivity index (χ2v) is 12.8. The highest BCUT2D eigenvalue weighted by atomic mass is 79.9. The number of benzene rings is 3. The van der Waals surface area contributed by atoms with Crippen LogP contribution in [-0.2, 0) is 27.2 Å². The van der Waals surface area contributed by atoms with Crippen molar-refractivity contribution >= 4 is 39.3 Å². The number of carboxylic acids is 1. The largest absolute Gasteiger partial charge is 0.492 e. The first-order valence-corrected chi connectivity index (χ1v) is 16.5. The Morgan fingerprint density at radius 2 is 1.80 bits per heavy atom. The summed E-state index contributed by atoms with van der Waals surface area (Å²) in [4.78, 5) is 39.7. The molecule has 2 heterocycles. The smallest absolute Gasteiger partial charge is 0.303 e. The molecular weight excluding hydrogens is 653 g/mol. The minimum absolute atomic E-state index is 0.0340. The molecule has 3 aromatic rings. The molecule has 0 aliphatic carbocycles. The molecule has 3 unspecified atom stereocenters. The van der Waals surface area contributed by atoms with Crippen LogP contribution in [0.3, 0.4) is 0 Å². The number of piperazine rings is 1. The highest BCUT2D eigenvalue weighted by molar-refractivity contribution is 9.10. The summed E-state index contributed by atoms with van der Waals surface area (Å²) < 4.78 is 20.1. The van der Waals surface area contributed by atoms with Crippen LogP contribution in [0.25, 0.3) is 5.57 Å². The predicted molar refractivity (Wildman–Crippen MR) is 178 cm³/mol. The Morgan fingerprint density at radius 3 is 2.54 bits per heavy atom. The Balaban J connectivity index is 1.33. The Morgan fingerprint density at radius 1 is 1.04 bits per heavy atom. The maximum Gasteiger partial charge on any atom is 0.303 e. The summed E-state index contributed by atoms with van der Waals surface area (Å²) in [6.45, 7) is 3.20. The Hall–Kier alpha value is -4.02. The highest BCUT2D eigenvalue weighted by Crippen LogP contribution is 2.34. The number of ether oxygens (including phenoxy) is 1. The van der Waals surface area contributed by atoms with Gasteiger partial charge in [-0.3, -0.25) is 14.4 Å². The third-order valence-electron chi connectivity index (χ3n) is 8.39. The van der Waals surface area contributed by atoms with Crippen LogP contribution in [0.15, 0.2) is 82.8 Å². The van der Waals surface area contributed by atoms with Crippen LogP contribution in [0.5, 0.6) is 5.75 Å². The average Bonchev–Trinajstić information content (AvgIpc) is 3.02. The van der Waals surface area contributed by atoms with Crippen LogP contribution in [0.2, 0.25) is 0 Å². The monoisotopic (exact) mass is 691 g/mol. The van der Waals surface area contributed by atoms with E-state index in [9.17, 15) is 18.8 Å². The van der Waals surface area contributed by atoms with Gasteiger partial charge in [-0.2, -0.15) is 0 Å². The van der Waals surface area contributed by atoms with Crippen LogP contribution < -0.4 is 15.4 Å². The molecule has 2 aliphatic heterocycles. The third-order valence-corrected chi connectivity index (χ3v) is 9.04. The fourth-order valence-electron chi connectivity index (χ4n) is 6.20. The number of nitrogens with one attached hydrogen (secondary N) is 2. The van der Waals surface area contributed by atoms with E-state index in [2.05, 4.69) is 26.6 Å². The number of aliphatic carboxylic acids is 1. The van der Waals surface area contributed by atoms with E-state index in [4.69, 9.17) is 9.84 Å². The fourth-order valence-corrected chi connectivity index (χ4v) is 6.56. The number of hydrogen-bond acceptors (Lipinski definition) is 5. The lowest BCUT2D eigenvalue weighted by atomic mass is 9.82. The number of amides is 2. The number of fused-ring (bicyclic) bond motifs is 2. The molecule has 46 heavy (non-hydrogen) atoms. The maximum atomic E-state index is 14.0. The molecule has 1 fully saturated rings. The zero-order valence-electron chi connectivity index (χ0n) is 25.8. The van der Waals surface area contributed by atoms with Gasteiger partial charge in [0.25, 0.3) is 0 Å². The van der Waals surface area contributed by atoms with E-state index in [0.29, 0.717) is 54.8 Å². The minimum atomic E-state index is -0.917. The lowest BCUT2D eigenvalue weighted by Gasteiger charge is -2.44. The van der Waals surface area contributed by atoms with Gasteiger partial charge in [0.2, 0.25) is 11.8 Å². The summed E-state index contributed by atoms with van der Waals surface area (Å²) in [6.07, 6.45) is 2.29. The first-order valence-electron chi connectivity index (χ1n) is 15.7. The Bertz CT molecular complexity index is 1580. The van der Waals surface area contributed by atoms with Crippen LogP contribution in [0.4, 0.5) is 4.39 Å². The zero-order valence-corrected chi connectivity index (χ0v) is 27.4. The van der Waals surface area contributed by atoms with Crippen LogP contribution >= 0.6 is 15.9 Å². The van der Waals surface area contributed by atoms with Crippen molar-refractivity contribution in [2.45, 2.75) is 63.6 Å². The number of rotatable bonds is 13. The van der Waals surface area contributed by atoms with Crippen molar-refractivity contribution in [1.82, 2.24) is 15.5 Å². The summed E-state index contributed by atoms with van der Waals surface area (Å²) >= 11 is 3.39. The maximum absolute atomic E-state index is 14.0. The molecule has 242 valence electrons. The number of hydrogen-bond donors (Lipinski definition) is 3. The first kappa shape index (κ1) is 33.3. The van der Waals surface area contributed by atoms with Gasteiger partial charge in [0.05, 0.1) is 17.1 Å². The van der Waals surface area contributed by atoms with Gasteiger partial charge < -0.3 is 25.4 Å². The molecule has 8 nitrogen and oxygen atoms in total. The standard InChI is InChI=1S/C36H39BrFN3O5/c1-23(18-25-6-3-2-4-7-25)39-36(45)35-29(20-28-21-41(22-31(35)40-28)33(42)8-5-9-34(43)44)26-12-10-24(11-13-26)16-17-46-32-19-27(38)14-15-30(32)37/h2-4,6-7,10-15,19,23,28,31,40H,5,8-9,16-18,20-22H2,1H3,(H,39,45)(H,43,44). The van der Waals surface area contributed by atoms with E-state index in [1.165, 1.54) is 12.1 Å². The van der Waals surface area contributed by atoms with Gasteiger partial charge in [-0.15, -0.1) is 0 Å². The molecular formula is C36H39BrFN3O5. The number of halogens is 2. The number of nitrogens with zero attached hydrogens (tertiary/aromatic N) is 1. The zero-order chi connectivity index (χ0) is 32.6. The molecule has 10 heteroatoms. The summed E-state index contributed by atoms with van der Waals surface area (Å²) in [5.74, 6) is -1.07. The van der Waals surface area contributed by atoms with Crippen molar-refractivity contribution in [3.63, 3.8) is 0 Å². The molecule has 3 atom stereocenters. The van der Waals surface area contributed by atoms with Gasteiger partial charge in [-0.05, 0) is 76.5 Å². The van der Waals surface area contributed by atoms with Crippen molar-refractivity contribution in [3.05, 3.63) is 105 Å². The average molecular weight is 693 g/mol. The van der Waals surface area contributed by atoms with Crippen molar-refractivity contribution in [2.75, 3.05) is 19.7 Å². The van der Waals surface area contributed by atoms with E-state index in [1.54, 1.807) is 11.0 Å². The van der Waals surface area contributed by atoms with Gasteiger partial charge in [0.1, 0.15) is 11.6 Å². The SMILES string of the molecule is CC(Cc1ccccc1)NC(=O)C1=C(c2ccc(CCOc3cc(F)ccc3Br)cc2)CC2CN(C(=O)CCCC(=O)O)CC1N2. The van der Waals surface area contributed by atoms with E-state index in [0.717, 1.165) is 22.3 Å². The van der Waals surface area contributed by atoms with E-state index in [-0.39, 0.29) is 55.0 Å². The van der Waals surface area contributed by atoms with Crippen LogP contribution in [-0.4, -0.2) is 65.6 Å². The van der Waals surface area contributed by atoms with Crippen molar-refractivity contribution in [1.29, 1.82) is 0 Å². The number of carboxylic acid groups (broad SMARTS) is 1. The summed E-state index contributed by atoms with van der Waals surface area (Å²) in [7, 11) is 0. The quantitative estimate of drug-likeness (QED) is 0.217. The summed E-state index contributed by atoms with van der Waals surface area (Å²) in [5, 5.41) is 15.8. The lowest BCUT2D eigenvalue weighted by molar-refractivity contribution is -0.137. The van der Waals surface area contributed by atoms with Crippen LogP contribution in [0.1, 0.15) is 49.3 Å². The van der Waals surface area contributed by atoms with E-state index >= 15 is 0 Å². The van der Waals surface area contributed by atoms with Crippen molar-refractivity contribution in [2.24, 2.45) is 0 Å². The lowest BCUT2D eigenvalue weighted by Crippen LogP contribution is -2.62. The molecule has 2 bridgehead atoms. The third kappa shape index (κ3) is 8.82. The topological polar surface area (TPSA) is 108 Å². The van der Waals surface area contributed by atoms with Crippen molar-refractivity contribution in [3.8, 4) is 5.75 Å². The molecule has 2 aliphatic rings. The normalized spacial score (nSPS) is 18.2. The van der Waals surface area contributed by atoms with Crippen LogP contribution in [0, 0.1) is 5.82 Å². The van der Waals surface area contributed by atoms with Gasteiger partial charge >= 0.3 is 5.97 Å². The summed E-state index contributed by atoms with van der Waals surface area (Å²) in [5.41, 5.74) is 4.73. The molecule has 1 saturated heterocycles. The number of carbonyl (C=O) groups is 3. The van der Waals surface area contributed by atoms with Gasteiger partial charge in [0, 0.05) is 56.1 Å². The number of carbonyl (C=O) groups excluding carboxylic acids is 2. The Kier molecular flexibility index (Phi) is 11.2. The van der Waals surface area contributed by atoms with E-state index < -0.39 is 5.97 Å². The molecule has 3 aromatic carbocycles. The molecule has 5 rings (SSSR count). The minimum Gasteiger partial charge on any atom is -0.492 e. The van der Waals surface area contributed by atoms with E-state index in [1.807, 2.05) is 61.5 Å². The Labute approximate surface area is 277 Å². The molecule has 0 spiro atoms. The van der Waals surface area contributed by atoms with Crippen molar-refractivity contribution < 1.29 is 28.6 Å². The van der Waals surface area contributed by atoms with Gasteiger partial charge in [0.15, 0.2) is 0 Å². The molecule has 3 N–H and O–H groups in total. The van der Waals surface area contributed by atoms with Gasteiger partial charge in [-0.1, -0.05) is 54.6 Å². The summed E-state index contributed by atoms with van der Waals surface area (Å²) in [6, 6.07) is 22.0. The second kappa shape index (κ2) is 15.5. The molecule has 2 amide bonds. The predicted octanol–water partition coefficient (Wildman–Crippen LogP) is 5.54.